The summed E-state index contributed by atoms with van der Waals surface area (Å²) >= 11 is 0. The zero-order valence-corrected chi connectivity index (χ0v) is 12.5. The Morgan fingerprint density at radius 2 is 1.89 bits per heavy atom. The Labute approximate surface area is 115 Å². The highest BCUT2D eigenvalue weighted by molar-refractivity contribution is 5.75. The second-order valence-corrected chi connectivity index (χ2v) is 4.87. The van der Waals surface area contributed by atoms with E-state index in [-0.39, 0.29) is 18.2 Å². The van der Waals surface area contributed by atoms with Gasteiger partial charge in [0.25, 0.3) is 0 Å². The molecule has 19 heavy (non-hydrogen) atoms. The molecule has 0 fully saturated rings. The maximum absolute atomic E-state index is 11.9. The number of rotatable bonds is 8. The first-order valence-corrected chi connectivity index (χ1v) is 6.58. The van der Waals surface area contributed by atoms with E-state index in [9.17, 15) is 9.59 Å². The van der Waals surface area contributed by atoms with Crippen LogP contribution in [-0.4, -0.2) is 54.9 Å². The van der Waals surface area contributed by atoms with Crippen molar-refractivity contribution in [3.05, 3.63) is 0 Å². The number of carboxylic acid groups (broad SMARTS) is 1. The van der Waals surface area contributed by atoms with E-state index in [0.29, 0.717) is 6.54 Å². The first-order valence-electron chi connectivity index (χ1n) is 6.58. The fourth-order valence-electron chi connectivity index (χ4n) is 1.80. The number of nitrogens with zero attached hydrogens (tertiary/aromatic N) is 1. The number of hydrogen-bond acceptors (Lipinski definition) is 3. The number of hydrogen-bond donors (Lipinski definition) is 2. The van der Waals surface area contributed by atoms with Crippen LogP contribution in [0.5, 0.6) is 0 Å². The normalized spacial score (nSPS) is 12.9. The van der Waals surface area contributed by atoms with Gasteiger partial charge in [0.15, 0.2) is 0 Å². The highest BCUT2D eigenvalue weighted by atomic mass is 16.5. The summed E-state index contributed by atoms with van der Waals surface area (Å²) in [6.45, 7) is 6.19. The van der Waals surface area contributed by atoms with Crippen molar-refractivity contribution < 1.29 is 19.4 Å². The van der Waals surface area contributed by atoms with Crippen LogP contribution in [-0.2, 0) is 9.53 Å². The molecule has 0 aromatic heterocycles. The monoisotopic (exact) mass is 274 g/mol. The molecular weight excluding hydrogens is 248 g/mol. The third-order valence-electron chi connectivity index (χ3n) is 3.60. The Bertz CT molecular complexity index is 295. The van der Waals surface area contributed by atoms with Gasteiger partial charge in [-0.15, -0.1) is 0 Å². The Balaban J connectivity index is 4.34. The van der Waals surface area contributed by atoms with Crippen molar-refractivity contribution in [2.45, 2.75) is 39.2 Å². The van der Waals surface area contributed by atoms with Gasteiger partial charge in [0.05, 0.1) is 11.5 Å². The van der Waals surface area contributed by atoms with Gasteiger partial charge in [-0.3, -0.25) is 4.79 Å². The fourth-order valence-corrected chi connectivity index (χ4v) is 1.80. The molecule has 0 radical (unpaired) electrons. The van der Waals surface area contributed by atoms with Gasteiger partial charge >= 0.3 is 12.0 Å². The molecule has 112 valence electrons. The number of aliphatic carboxylic acids is 1. The van der Waals surface area contributed by atoms with Crippen LogP contribution in [0.4, 0.5) is 4.79 Å². The zero-order valence-electron chi connectivity index (χ0n) is 12.5. The van der Waals surface area contributed by atoms with Crippen molar-refractivity contribution in [1.82, 2.24) is 10.2 Å². The van der Waals surface area contributed by atoms with Gasteiger partial charge in [-0.05, 0) is 12.8 Å². The first kappa shape index (κ1) is 17.7. The van der Waals surface area contributed by atoms with Crippen LogP contribution < -0.4 is 5.32 Å². The third-order valence-corrected chi connectivity index (χ3v) is 3.60. The minimum Gasteiger partial charge on any atom is -0.481 e. The van der Waals surface area contributed by atoms with E-state index in [0.717, 1.165) is 12.8 Å². The smallest absolute Gasteiger partial charge is 0.317 e. The molecule has 0 heterocycles. The van der Waals surface area contributed by atoms with E-state index in [1.807, 2.05) is 13.8 Å². The lowest BCUT2D eigenvalue weighted by molar-refractivity contribution is -0.141. The van der Waals surface area contributed by atoms with E-state index >= 15 is 0 Å². The molecule has 0 aliphatic carbocycles. The molecule has 0 aliphatic heterocycles. The summed E-state index contributed by atoms with van der Waals surface area (Å²) in [6.07, 6.45) is 1.60. The van der Waals surface area contributed by atoms with Gasteiger partial charge in [0, 0.05) is 27.2 Å². The van der Waals surface area contributed by atoms with Crippen molar-refractivity contribution in [2.75, 3.05) is 27.2 Å². The van der Waals surface area contributed by atoms with Crippen LogP contribution in [0.2, 0.25) is 0 Å². The number of ether oxygens (including phenoxy) is 1. The van der Waals surface area contributed by atoms with Crippen molar-refractivity contribution in [1.29, 1.82) is 0 Å². The molecule has 1 unspecified atom stereocenters. The molecule has 0 saturated carbocycles. The zero-order chi connectivity index (χ0) is 15.1. The molecule has 0 aliphatic rings. The predicted octanol–water partition coefficient (Wildman–Crippen LogP) is 1.55. The summed E-state index contributed by atoms with van der Waals surface area (Å²) in [5, 5.41) is 11.6. The van der Waals surface area contributed by atoms with E-state index in [1.54, 1.807) is 21.1 Å². The molecule has 2 amide bonds. The number of carbonyl (C=O) groups excluding carboxylic acids is 1. The number of methoxy groups -OCH3 is 1. The van der Waals surface area contributed by atoms with Crippen LogP contribution in [0.15, 0.2) is 0 Å². The van der Waals surface area contributed by atoms with E-state index in [2.05, 4.69) is 5.32 Å². The molecule has 6 nitrogen and oxygen atoms in total. The van der Waals surface area contributed by atoms with Gasteiger partial charge < -0.3 is 20.1 Å². The number of amides is 2. The van der Waals surface area contributed by atoms with Gasteiger partial charge in [-0.1, -0.05) is 20.8 Å². The van der Waals surface area contributed by atoms with Gasteiger partial charge in [0.1, 0.15) is 0 Å². The minimum absolute atomic E-state index is 0.180. The molecule has 1 atom stereocenters. The summed E-state index contributed by atoms with van der Waals surface area (Å²) in [5.41, 5.74) is -0.352. The lowest BCUT2D eigenvalue weighted by atomic mass is 9.97. The summed E-state index contributed by atoms with van der Waals surface area (Å²) in [4.78, 5) is 24.0. The van der Waals surface area contributed by atoms with Crippen molar-refractivity contribution >= 4 is 12.0 Å². The average Bonchev–Trinajstić information content (AvgIpc) is 2.40. The molecule has 0 spiro atoms. The second-order valence-electron chi connectivity index (χ2n) is 4.87. The average molecular weight is 274 g/mol. The summed E-state index contributed by atoms with van der Waals surface area (Å²) < 4.78 is 5.46. The van der Waals surface area contributed by atoms with Gasteiger partial charge in [0.2, 0.25) is 0 Å². The van der Waals surface area contributed by atoms with Crippen LogP contribution in [0, 0.1) is 5.92 Å². The third kappa shape index (κ3) is 5.46. The Morgan fingerprint density at radius 3 is 2.26 bits per heavy atom. The Morgan fingerprint density at radius 1 is 1.37 bits per heavy atom. The Kier molecular flexibility index (Phi) is 7.44. The second kappa shape index (κ2) is 7.99. The number of nitrogens with one attached hydrogen (secondary N) is 1. The number of urea groups is 1. The van der Waals surface area contributed by atoms with Gasteiger partial charge in [-0.25, -0.2) is 4.79 Å². The van der Waals surface area contributed by atoms with E-state index in [4.69, 9.17) is 9.84 Å². The first-order chi connectivity index (χ1) is 8.81. The van der Waals surface area contributed by atoms with Crippen molar-refractivity contribution in [3.8, 4) is 0 Å². The van der Waals surface area contributed by atoms with E-state index < -0.39 is 11.9 Å². The standard InChI is InChI=1S/C13H26N2O4/c1-6-13(7-2,19-5)9-14-12(18)15(4)8-10(3)11(16)17/h10H,6-9H2,1-5H3,(H,14,18)(H,16,17). The molecule has 0 rings (SSSR count). The minimum atomic E-state index is -0.909. The maximum Gasteiger partial charge on any atom is 0.317 e. The summed E-state index contributed by atoms with van der Waals surface area (Å²) in [7, 11) is 3.22. The molecule has 0 bridgehead atoms. The highest BCUT2D eigenvalue weighted by Crippen LogP contribution is 2.18. The highest BCUT2D eigenvalue weighted by Gasteiger charge is 2.27. The molecular formula is C13H26N2O4. The van der Waals surface area contributed by atoms with Crippen LogP contribution in [0.1, 0.15) is 33.6 Å². The quantitative estimate of drug-likeness (QED) is 0.704. The van der Waals surface area contributed by atoms with Crippen LogP contribution in [0.3, 0.4) is 0 Å². The SMILES string of the molecule is CCC(CC)(CNC(=O)N(C)CC(C)C(=O)O)OC. The van der Waals surface area contributed by atoms with E-state index in [1.165, 1.54) is 4.90 Å². The summed E-state index contributed by atoms with van der Waals surface area (Å²) in [6, 6.07) is -0.281. The van der Waals surface area contributed by atoms with Crippen LogP contribution in [0.25, 0.3) is 0 Å². The van der Waals surface area contributed by atoms with Crippen LogP contribution >= 0.6 is 0 Å². The molecule has 0 aromatic rings. The van der Waals surface area contributed by atoms with Crippen molar-refractivity contribution in [3.63, 3.8) is 0 Å². The molecule has 2 N–H and O–H groups in total. The maximum atomic E-state index is 11.9. The predicted molar refractivity (Wildman–Crippen MR) is 73.2 cm³/mol. The van der Waals surface area contributed by atoms with Gasteiger partial charge in [-0.2, -0.15) is 0 Å². The lowest BCUT2D eigenvalue weighted by Crippen LogP contribution is -2.48. The summed E-state index contributed by atoms with van der Waals surface area (Å²) in [5.74, 6) is -1.49. The largest absolute Gasteiger partial charge is 0.481 e. The fraction of sp³-hybridized carbons (Fsp3) is 0.846. The lowest BCUT2D eigenvalue weighted by Gasteiger charge is -2.31. The Hall–Kier alpha value is -1.30. The number of carbonyl (C=O) groups is 2. The molecule has 6 heteroatoms. The van der Waals surface area contributed by atoms with Crippen molar-refractivity contribution in [2.24, 2.45) is 5.92 Å². The number of carboxylic acids is 1. The molecule has 0 aromatic carbocycles. The molecule has 0 saturated heterocycles. The topological polar surface area (TPSA) is 78.9 Å².